The van der Waals surface area contributed by atoms with Crippen molar-refractivity contribution < 1.29 is 4.79 Å². The van der Waals surface area contributed by atoms with Crippen molar-refractivity contribution in [2.24, 2.45) is 0 Å². The van der Waals surface area contributed by atoms with Crippen LogP contribution in [0.2, 0.25) is 0 Å². The molecule has 7 nitrogen and oxygen atoms in total. The number of amides is 1. The smallest absolute Gasteiger partial charge is 0.244 e. The van der Waals surface area contributed by atoms with E-state index in [1.165, 1.54) is 9.58 Å². The summed E-state index contributed by atoms with van der Waals surface area (Å²) in [4.78, 5) is 12.6. The van der Waals surface area contributed by atoms with Crippen LogP contribution >= 0.6 is 0 Å². The molecule has 0 saturated carbocycles. The third kappa shape index (κ3) is 1.68. The van der Waals surface area contributed by atoms with E-state index >= 15 is 0 Å². The number of nitrogens with two attached hydrogens (primary N) is 1. The van der Waals surface area contributed by atoms with Gasteiger partial charge in [0.2, 0.25) is 11.9 Å². The highest BCUT2D eigenvalue weighted by Gasteiger charge is 2.08. The summed E-state index contributed by atoms with van der Waals surface area (Å²) in [5, 5.41) is 10.3. The summed E-state index contributed by atoms with van der Waals surface area (Å²) in [6.45, 7) is 0.0752. The minimum absolute atomic E-state index is 0.0752. The maximum atomic E-state index is 11.1. The molecule has 1 aromatic rings. The largest absolute Gasteiger partial charge is 0.367 e. The van der Waals surface area contributed by atoms with Gasteiger partial charge >= 0.3 is 0 Å². The number of aromatic nitrogens is 4. The molecule has 0 atom stereocenters. The van der Waals surface area contributed by atoms with E-state index in [1.54, 1.807) is 14.1 Å². The maximum Gasteiger partial charge on any atom is 0.244 e. The Hall–Kier alpha value is -1.66. The van der Waals surface area contributed by atoms with Crippen LogP contribution in [-0.2, 0) is 11.3 Å². The van der Waals surface area contributed by atoms with E-state index in [9.17, 15) is 4.79 Å². The molecule has 1 heterocycles. The molecular formula is C5H10N6O. The van der Waals surface area contributed by atoms with E-state index in [2.05, 4.69) is 15.5 Å². The Morgan fingerprint density at radius 1 is 1.67 bits per heavy atom. The monoisotopic (exact) mass is 170 g/mol. The molecule has 66 valence electrons. The number of nitrogens with zero attached hydrogens (tertiary/aromatic N) is 5. The first kappa shape index (κ1) is 8.44. The van der Waals surface area contributed by atoms with Crippen LogP contribution in [0, 0.1) is 0 Å². The summed E-state index contributed by atoms with van der Waals surface area (Å²) in [6.07, 6.45) is 0. The van der Waals surface area contributed by atoms with Gasteiger partial charge in [0.1, 0.15) is 6.54 Å². The summed E-state index contributed by atoms with van der Waals surface area (Å²) < 4.78 is 1.24. The average Bonchev–Trinajstić information content (AvgIpc) is 2.36. The third-order valence-electron chi connectivity index (χ3n) is 1.34. The van der Waals surface area contributed by atoms with Crippen molar-refractivity contribution in [3.63, 3.8) is 0 Å². The lowest BCUT2D eigenvalue weighted by Gasteiger charge is -2.09. The normalized spacial score (nSPS) is 9.83. The summed E-state index contributed by atoms with van der Waals surface area (Å²) in [5.74, 6) is 0.0409. The van der Waals surface area contributed by atoms with Gasteiger partial charge in [0.15, 0.2) is 0 Å². The van der Waals surface area contributed by atoms with Crippen LogP contribution in [0.25, 0.3) is 0 Å². The Morgan fingerprint density at radius 2 is 2.33 bits per heavy atom. The molecule has 0 unspecified atom stereocenters. The zero-order chi connectivity index (χ0) is 9.14. The number of likely N-dealkylation sites (N-methyl/N-ethyl adjacent to an activating group) is 1. The predicted octanol–water partition coefficient (Wildman–Crippen LogP) is -1.66. The number of anilines is 1. The number of carbonyl (C=O) groups excluding carboxylic acids is 1. The molecule has 0 bridgehead atoms. The molecule has 0 saturated heterocycles. The Kier molecular flexibility index (Phi) is 2.22. The van der Waals surface area contributed by atoms with Crippen LogP contribution in [0.5, 0.6) is 0 Å². The van der Waals surface area contributed by atoms with E-state index in [0.29, 0.717) is 0 Å². The maximum absolute atomic E-state index is 11.1. The predicted molar refractivity (Wildman–Crippen MR) is 40.9 cm³/mol. The van der Waals surface area contributed by atoms with Crippen molar-refractivity contribution in [3.8, 4) is 0 Å². The lowest BCUT2D eigenvalue weighted by atomic mass is 10.5. The molecule has 0 aliphatic heterocycles. The van der Waals surface area contributed by atoms with E-state index in [0.717, 1.165) is 0 Å². The fourth-order valence-electron chi connectivity index (χ4n) is 0.594. The number of nitrogen functional groups attached to an aromatic ring is 1. The highest BCUT2D eigenvalue weighted by atomic mass is 16.2. The molecule has 0 spiro atoms. The highest BCUT2D eigenvalue weighted by Crippen LogP contribution is 1.92. The van der Waals surface area contributed by atoms with Crippen molar-refractivity contribution in [3.05, 3.63) is 0 Å². The van der Waals surface area contributed by atoms with Crippen molar-refractivity contribution in [1.82, 2.24) is 25.1 Å². The van der Waals surface area contributed by atoms with Gasteiger partial charge < -0.3 is 10.6 Å². The van der Waals surface area contributed by atoms with Gasteiger partial charge in [-0.05, 0) is 10.4 Å². The number of hydrogen-bond donors (Lipinski definition) is 1. The summed E-state index contributed by atoms with van der Waals surface area (Å²) >= 11 is 0. The third-order valence-corrected chi connectivity index (χ3v) is 1.34. The molecule has 0 aromatic carbocycles. The molecule has 12 heavy (non-hydrogen) atoms. The van der Waals surface area contributed by atoms with Gasteiger partial charge in [-0.3, -0.25) is 4.79 Å². The lowest BCUT2D eigenvalue weighted by molar-refractivity contribution is -0.129. The van der Waals surface area contributed by atoms with Crippen LogP contribution < -0.4 is 5.73 Å². The standard InChI is InChI=1S/C5H10N6O/c1-10(2)4(12)3-11-5(6)7-8-9-11/h3H2,1-2H3,(H2,6,7,9). The van der Waals surface area contributed by atoms with Gasteiger partial charge in [-0.1, -0.05) is 5.10 Å². The van der Waals surface area contributed by atoms with Gasteiger partial charge in [0, 0.05) is 14.1 Å². The molecule has 0 aliphatic carbocycles. The zero-order valence-electron chi connectivity index (χ0n) is 6.93. The molecular weight excluding hydrogens is 160 g/mol. The summed E-state index contributed by atoms with van der Waals surface area (Å²) in [6, 6.07) is 0. The van der Waals surface area contributed by atoms with E-state index in [4.69, 9.17) is 5.73 Å². The molecule has 0 fully saturated rings. The molecule has 2 N–H and O–H groups in total. The SMILES string of the molecule is CN(C)C(=O)Cn1nnnc1N. The minimum Gasteiger partial charge on any atom is -0.367 e. The van der Waals surface area contributed by atoms with Crippen molar-refractivity contribution in [2.75, 3.05) is 19.8 Å². The van der Waals surface area contributed by atoms with Crippen LogP contribution in [0.4, 0.5) is 5.95 Å². The zero-order valence-corrected chi connectivity index (χ0v) is 6.93. The van der Waals surface area contributed by atoms with Crippen LogP contribution in [0.1, 0.15) is 0 Å². The van der Waals surface area contributed by atoms with Crippen LogP contribution in [0.3, 0.4) is 0 Å². The first-order chi connectivity index (χ1) is 5.61. The lowest BCUT2D eigenvalue weighted by Crippen LogP contribution is -2.27. The Balaban J connectivity index is 2.64. The number of rotatable bonds is 2. The van der Waals surface area contributed by atoms with E-state index in [-0.39, 0.29) is 18.4 Å². The second-order valence-electron chi connectivity index (χ2n) is 2.48. The van der Waals surface area contributed by atoms with Crippen molar-refractivity contribution >= 4 is 11.9 Å². The van der Waals surface area contributed by atoms with Crippen molar-refractivity contribution in [1.29, 1.82) is 0 Å². The Morgan fingerprint density at radius 3 is 2.75 bits per heavy atom. The molecule has 1 amide bonds. The van der Waals surface area contributed by atoms with Gasteiger partial charge in [-0.2, -0.15) is 0 Å². The molecule has 7 heteroatoms. The fourth-order valence-corrected chi connectivity index (χ4v) is 0.594. The molecule has 0 radical (unpaired) electrons. The Bertz CT molecular complexity index is 279. The molecule has 1 rings (SSSR count). The van der Waals surface area contributed by atoms with Crippen LogP contribution in [-0.4, -0.2) is 45.1 Å². The minimum atomic E-state index is -0.103. The molecule has 0 aliphatic rings. The number of hydrogen-bond acceptors (Lipinski definition) is 5. The first-order valence-electron chi connectivity index (χ1n) is 3.33. The number of tetrazole rings is 1. The molecule has 1 aromatic heterocycles. The van der Waals surface area contributed by atoms with Gasteiger partial charge in [-0.25, -0.2) is 4.68 Å². The van der Waals surface area contributed by atoms with Gasteiger partial charge in [0.25, 0.3) is 0 Å². The van der Waals surface area contributed by atoms with E-state index in [1.807, 2.05) is 0 Å². The highest BCUT2D eigenvalue weighted by molar-refractivity contribution is 5.75. The quantitative estimate of drug-likeness (QED) is 0.574. The average molecular weight is 170 g/mol. The second-order valence-corrected chi connectivity index (χ2v) is 2.48. The van der Waals surface area contributed by atoms with Gasteiger partial charge in [-0.15, -0.1) is 0 Å². The summed E-state index contributed by atoms with van der Waals surface area (Å²) in [5.41, 5.74) is 5.35. The Labute approximate surface area is 69.1 Å². The summed E-state index contributed by atoms with van der Waals surface area (Å²) in [7, 11) is 3.31. The van der Waals surface area contributed by atoms with Crippen LogP contribution in [0.15, 0.2) is 0 Å². The number of carbonyl (C=O) groups is 1. The van der Waals surface area contributed by atoms with Gasteiger partial charge in [0.05, 0.1) is 0 Å². The topological polar surface area (TPSA) is 89.9 Å². The van der Waals surface area contributed by atoms with Crippen molar-refractivity contribution in [2.45, 2.75) is 6.54 Å². The second kappa shape index (κ2) is 3.16. The van der Waals surface area contributed by atoms with E-state index < -0.39 is 0 Å². The first-order valence-corrected chi connectivity index (χ1v) is 3.33. The fraction of sp³-hybridized carbons (Fsp3) is 0.600.